The highest BCUT2D eigenvalue weighted by Gasteiger charge is 2.24. The fourth-order valence-corrected chi connectivity index (χ4v) is 3.96. The van der Waals surface area contributed by atoms with Crippen LogP contribution in [-0.2, 0) is 6.42 Å². The minimum atomic E-state index is 0.350. The minimum absolute atomic E-state index is 0.350. The average Bonchev–Trinajstić information content (AvgIpc) is 2.66. The monoisotopic (exact) mass is 409 g/mol. The maximum Gasteiger partial charge on any atom is 0.0351 e. The lowest BCUT2D eigenvalue weighted by molar-refractivity contribution is 0.343. The van der Waals surface area contributed by atoms with Crippen molar-refractivity contribution < 1.29 is 0 Å². The summed E-state index contributed by atoms with van der Waals surface area (Å²) in [5.41, 5.74) is 6.91. The molecule has 0 fully saturated rings. The van der Waals surface area contributed by atoms with Crippen LogP contribution in [0.25, 0.3) is 0 Å². The molecule has 1 aromatic rings. The highest BCUT2D eigenvalue weighted by atomic mass is 14.9. The van der Waals surface area contributed by atoms with Gasteiger partial charge >= 0.3 is 0 Å². The number of rotatable bonds is 11. The van der Waals surface area contributed by atoms with Gasteiger partial charge in [-0.3, -0.25) is 0 Å². The molecule has 0 spiro atoms. The molecule has 30 heavy (non-hydrogen) atoms. The summed E-state index contributed by atoms with van der Waals surface area (Å²) in [4.78, 5) is 0. The molecule has 0 bridgehead atoms. The number of hydrogen-bond acceptors (Lipinski definition) is 1. The maximum absolute atomic E-state index is 4.05. The Morgan fingerprint density at radius 2 is 1.57 bits per heavy atom. The quantitative estimate of drug-likeness (QED) is 0.284. The first-order valence-corrected chi connectivity index (χ1v) is 12.0. The predicted molar refractivity (Wildman–Crippen MR) is 136 cm³/mol. The zero-order valence-electron chi connectivity index (χ0n) is 20.6. The number of hydrogen-bond donors (Lipinski definition) is 1. The van der Waals surface area contributed by atoms with E-state index in [-0.39, 0.29) is 0 Å². The molecular weight excluding hydrogens is 362 g/mol. The lowest BCUT2D eigenvalue weighted by Gasteiger charge is -2.31. The zero-order chi connectivity index (χ0) is 22.4. The van der Waals surface area contributed by atoms with Gasteiger partial charge in [0.1, 0.15) is 0 Å². The van der Waals surface area contributed by atoms with E-state index in [0.717, 1.165) is 19.4 Å². The smallest absolute Gasteiger partial charge is 0.0351 e. The Hall–Kier alpha value is -1.76. The van der Waals surface area contributed by atoms with Gasteiger partial charge in [0, 0.05) is 12.2 Å². The van der Waals surface area contributed by atoms with Crippen LogP contribution in [0.1, 0.15) is 96.6 Å². The van der Waals surface area contributed by atoms with E-state index in [1.54, 1.807) is 0 Å². The van der Waals surface area contributed by atoms with Gasteiger partial charge in [0.05, 0.1) is 0 Å². The first-order valence-electron chi connectivity index (χ1n) is 12.0. The molecule has 1 N–H and O–H groups in total. The van der Waals surface area contributed by atoms with Crippen LogP contribution in [0.4, 0.5) is 0 Å². The third-order valence-electron chi connectivity index (χ3n) is 5.56. The lowest BCUT2D eigenvalue weighted by atomic mass is 9.77. The van der Waals surface area contributed by atoms with Crippen molar-refractivity contribution in [2.75, 3.05) is 6.54 Å². The normalized spacial score (nSPS) is 15.1. The Kier molecular flexibility index (Phi) is 12.5. The maximum atomic E-state index is 4.05. The van der Waals surface area contributed by atoms with Crippen molar-refractivity contribution in [3.05, 3.63) is 71.5 Å². The Morgan fingerprint density at radius 1 is 0.967 bits per heavy atom. The summed E-state index contributed by atoms with van der Waals surface area (Å²) in [6, 6.07) is 8.98. The van der Waals surface area contributed by atoms with Crippen LogP contribution in [0.3, 0.4) is 0 Å². The van der Waals surface area contributed by atoms with Crippen molar-refractivity contribution in [1.29, 1.82) is 0 Å². The summed E-state index contributed by atoms with van der Waals surface area (Å²) >= 11 is 0. The predicted octanol–water partition coefficient (Wildman–Crippen LogP) is 8.70. The van der Waals surface area contributed by atoms with Crippen LogP contribution in [0.15, 0.2) is 60.3 Å². The number of benzene rings is 1. The van der Waals surface area contributed by atoms with E-state index in [9.17, 15) is 0 Å². The zero-order valence-corrected chi connectivity index (χ0v) is 20.6. The largest absolute Gasteiger partial charge is 0.385 e. The van der Waals surface area contributed by atoms with E-state index >= 15 is 0 Å². The van der Waals surface area contributed by atoms with Gasteiger partial charge in [-0.2, -0.15) is 0 Å². The molecular formula is C29H47N. The molecule has 0 radical (unpaired) electrons. The van der Waals surface area contributed by atoms with E-state index in [0.29, 0.717) is 5.41 Å². The Labute approximate surface area is 187 Å². The van der Waals surface area contributed by atoms with Crippen LogP contribution in [0, 0.1) is 12.3 Å². The average molecular weight is 410 g/mol. The third kappa shape index (κ3) is 12.7. The molecule has 1 aliphatic carbocycles. The SMILES string of the molecule is C=C(C)CNC1=CC(=C)CC(C)(C)C1.CCCCCCCCCc1ccc(C)cc1. The van der Waals surface area contributed by atoms with Gasteiger partial charge in [-0.15, -0.1) is 0 Å². The summed E-state index contributed by atoms with van der Waals surface area (Å²) in [5, 5.41) is 3.41. The van der Waals surface area contributed by atoms with E-state index in [2.05, 4.69) is 76.5 Å². The molecule has 0 aliphatic heterocycles. The molecule has 0 unspecified atom stereocenters. The molecule has 0 heterocycles. The van der Waals surface area contributed by atoms with E-state index in [1.807, 2.05) is 6.92 Å². The molecule has 0 amide bonds. The van der Waals surface area contributed by atoms with Crippen molar-refractivity contribution in [1.82, 2.24) is 5.32 Å². The second kappa shape index (κ2) is 14.3. The highest BCUT2D eigenvalue weighted by molar-refractivity contribution is 5.27. The number of allylic oxidation sites excluding steroid dienone is 3. The van der Waals surface area contributed by atoms with Crippen LogP contribution < -0.4 is 5.32 Å². The van der Waals surface area contributed by atoms with Crippen LogP contribution >= 0.6 is 0 Å². The van der Waals surface area contributed by atoms with Gasteiger partial charge in [-0.1, -0.05) is 113 Å². The molecule has 1 aromatic carbocycles. The first kappa shape index (κ1) is 26.3. The number of unbranched alkanes of at least 4 members (excludes halogenated alkanes) is 6. The summed E-state index contributed by atoms with van der Waals surface area (Å²) in [6.07, 6.45) is 15.5. The summed E-state index contributed by atoms with van der Waals surface area (Å²) < 4.78 is 0. The van der Waals surface area contributed by atoms with E-state index in [1.165, 1.54) is 79.3 Å². The highest BCUT2D eigenvalue weighted by Crippen LogP contribution is 2.36. The van der Waals surface area contributed by atoms with Gasteiger partial charge in [-0.25, -0.2) is 0 Å². The Bertz CT molecular complexity index is 660. The molecule has 0 saturated heterocycles. The van der Waals surface area contributed by atoms with Gasteiger partial charge in [0.15, 0.2) is 0 Å². The van der Waals surface area contributed by atoms with Crippen molar-refractivity contribution in [3.63, 3.8) is 0 Å². The Morgan fingerprint density at radius 3 is 2.13 bits per heavy atom. The van der Waals surface area contributed by atoms with Crippen LogP contribution in [-0.4, -0.2) is 6.54 Å². The molecule has 0 atom stereocenters. The van der Waals surface area contributed by atoms with E-state index in [4.69, 9.17) is 0 Å². The molecule has 1 nitrogen and oxygen atoms in total. The van der Waals surface area contributed by atoms with Crippen molar-refractivity contribution in [2.45, 2.75) is 98.8 Å². The summed E-state index contributed by atoms with van der Waals surface area (Å²) in [6.45, 7) is 19.8. The van der Waals surface area contributed by atoms with Gasteiger partial charge in [0.2, 0.25) is 0 Å². The molecule has 168 valence electrons. The second-order valence-electron chi connectivity index (χ2n) is 10.0. The molecule has 1 aliphatic rings. The minimum Gasteiger partial charge on any atom is -0.385 e. The summed E-state index contributed by atoms with van der Waals surface area (Å²) in [5.74, 6) is 0. The number of nitrogens with one attached hydrogen (secondary N) is 1. The summed E-state index contributed by atoms with van der Waals surface area (Å²) in [7, 11) is 0. The van der Waals surface area contributed by atoms with Crippen LogP contribution in [0.2, 0.25) is 0 Å². The van der Waals surface area contributed by atoms with Gasteiger partial charge < -0.3 is 5.32 Å². The topological polar surface area (TPSA) is 12.0 Å². The van der Waals surface area contributed by atoms with Crippen LogP contribution in [0.5, 0.6) is 0 Å². The fraction of sp³-hybridized carbons (Fsp3) is 0.586. The van der Waals surface area contributed by atoms with Crippen molar-refractivity contribution in [2.24, 2.45) is 5.41 Å². The van der Waals surface area contributed by atoms with Crippen molar-refractivity contribution in [3.8, 4) is 0 Å². The first-order chi connectivity index (χ1) is 14.2. The molecule has 1 heteroatoms. The Balaban J connectivity index is 0.000000303. The fourth-order valence-electron chi connectivity index (χ4n) is 3.96. The lowest BCUT2D eigenvalue weighted by Crippen LogP contribution is -2.25. The number of aryl methyl sites for hydroxylation is 2. The third-order valence-corrected chi connectivity index (χ3v) is 5.56. The standard InChI is InChI=1S/C16H26.C13H21N/c1-3-4-5-6-7-8-9-10-16-13-11-15(2)12-14-16;1-10(2)9-14-12-6-11(3)7-13(4,5)8-12/h11-14H,3-10H2,1-2H3;6,14H,1,3,7-9H2,2,4-5H3. The molecule has 2 rings (SSSR count). The van der Waals surface area contributed by atoms with Gasteiger partial charge in [0.25, 0.3) is 0 Å². The molecule has 0 saturated carbocycles. The molecule has 0 aromatic heterocycles. The van der Waals surface area contributed by atoms with Crippen molar-refractivity contribution >= 4 is 0 Å². The second-order valence-corrected chi connectivity index (χ2v) is 10.0. The van der Waals surface area contributed by atoms with E-state index < -0.39 is 0 Å². The van der Waals surface area contributed by atoms with Gasteiger partial charge in [-0.05, 0) is 56.6 Å².